The quantitative estimate of drug-likeness (QED) is 0.153. The fourth-order valence-corrected chi connectivity index (χ4v) is 5.19. The van der Waals surface area contributed by atoms with E-state index < -0.39 is 91.1 Å². The van der Waals surface area contributed by atoms with Gasteiger partial charge in [-0.2, -0.15) is 0 Å². The topological polar surface area (TPSA) is 191 Å². The number of carboxylic acid groups (broad SMARTS) is 3. The molecule has 1 aliphatic rings. The molecule has 0 aromatic carbocycles. The summed E-state index contributed by atoms with van der Waals surface area (Å²) in [6, 6.07) is 0. The normalized spacial score (nSPS) is 24.1. The van der Waals surface area contributed by atoms with Crippen LogP contribution in [0.1, 0.15) is 52.9 Å². The summed E-state index contributed by atoms with van der Waals surface area (Å²) in [7, 11) is 0. The maximum Gasteiger partial charge on any atom is 0.333 e. The second kappa shape index (κ2) is 13.7. The van der Waals surface area contributed by atoms with E-state index in [4.69, 9.17) is 14.2 Å². The average Bonchev–Trinajstić information content (AvgIpc) is 2.83. The number of carbonyl (C=O) groups excluding carboxylic acids is 3. The Morgan fingerprint density at radius 2 is 1.15 bits per heavy atom. The molecule has 0 radical (unpaired) electrons. The van der Waals surface area contributed by atoms with E-state index in [1.165, 1.54) is 20.8 Å². The smallest absolute Gasteiger partial charge is 0.333 e. The molecule has 0 bridgehead atoms. The maximum absolute atomic E-state index is 13.1. The zero-order valence-corrected chi connectivity index (χ0v) is 22.4. The summed E-state index contributed by atoms with van der Waals surface area (Å²) in [5.74, 6) is -9.69. The molecule has 12 nitrogen and oxygen atoms in total. The first-order chi connectivity index (χ1) is 18.0. The Morgan fingerprint density at radius 3 is 1.54 bits per heavy atom. The Bertz CT molecular complexity index is 1060. The van der Waals surface area contributed by atoms with Gasteiger partial charge in [0.15, 0.2) is 0 Å². The summed E-state index contributed by atoms with van der Waals surface area (Å²) >= 11 is 0. The fourth-order valence-electron chi connectivity index (χ4n) is 5.19. The number of aliphatic carboxylic acids is 3. The van der Waals surface area contributed by atoms with Crippen LogP contribution in [-0.2, 0) is 43.0 Å². The van der Waals surface area contributed by atoms with Gasteiger partial charge in [-0.3, -0.25) is 14.4 Å². The number of hydrogen-bond acceptors (Lipinski definition) is 9. The molecule has 0 aliphatic heterocycles. The van der Waals surface area contributed by atoms with E-state index >= 15 is 0 Å². The largest absolute Gasteiger partial charge is 0.481 e. The number of carbonyl (C=O) groups is 6. The standard InChI is InChI=1S/C27H36O12/c1-15(2)21(30)37-12-8-19-18(20(28)29)7-9-26(24(33)34,10-13-38-22(31)16(3)4)27(19,25(35)36)11-14-39-23(32)17(5)6/h18-19H,1,3,5,7-14H2,2,4,6H3,(H,28,29)(H,33,34)(H,35,36). The lowest BCUT2D eigenvalue weighted by Gasteiger charge is -2.54. The molecule has 4 atom stereocenters. The first-order valence-corrected chi connectivity index (χ1v) is 12.2. The highest BCUT2D eigenvalue weighted by atomic mass is 16.5. The third kappa shape index (κ3) is 7.33. The predicted octanol–water partition coefficient (Wildman–Crippen LogP) is 2.77. The molecule has 3 N–H and O–H groups in total. The number of carboxylic acids is 3. The minimum Gasteiger partial charge on any atom is -0.481 e. The molecule has 1 aliphatic carbocycles. The van der Waals surface area contributed by atoms with E-state index in [9.17, 15) is 44.1 Å². The van der Waals surface area contributed by atoms with Crippen molar-refractivity contribution < 1.29 is 58.3 Å². The number of esters is 3. The van der Waals surface area contributed by atoms with Gasteiger partial charge in [0.2, 0.25) is 0 Å². The molecule has 216 valence electrons. The van der Waals surface area contributed by atoms with Crippen LogP contribution in [0.3, 0.4) is 0 Å². The number of ether oxygens (including phenoxy) is 3. The van der Waals surface area contributed by atoms with E-state index in [1.54, 1.807) is 0 Å². The molecule has 1 saturated carbocycles. The molecular formula is C27H36O12. The van der Waals surface area contributed by atoms with Crippen LogP contribution in [-0.4, -0.2) is 71.0 Å². The number of hydrogen-bond donors (Lipinski definition) is 3. The van der Waals surface area contributed by atoms with Crippen molar-refractivity contribution in [2.24, 2.45) is 22.7 Å². The molecular weight excluding hydrogens is 516 g/mol. The third-order valence-corrected chi connectivity index (χ3v) is 7.16. The molecule has 1 rings (SSSR count). The molecule has 0 saturated heterocycles. The second-order valence-corrected chi connectivity index (χ2v) is 9.79. The summed E-state index contributed by atoms with van der Waals surface area (Å²) < 4.78 is 15.3. The van der Waals surface area contributed by atoms with Crippen LogP contribution in [0, 0.1) is 22.7 Å². The fraction of sp³-hybridized carbons (Fsp3) is 0.556. The highest BCUT2D eigenvalue weighted by Crippen LogP contribution is 2.61. The van der Waals surface area contributed by atoms with Gasteiger partial charge in [0, 0.05) is 16.7 Å². The molecule has 12 heteroatoms. The summed E-state index contributed by atoms with van der Waals surface area (Å²) in [6.07, 6.45) is -1.97. The zero-order valence-electron chi connectivity index (χ0n) is 22.4. The molecule has 4 unspecified atom stereocenters. The van der Waals surface area contributed by atoms with Crippen molar-refractivity contribution in [3.05, 3.63) is 36.5 Å². The van der Waals surface area contributed by atoms with Gasteiger partial charge >= 0.3 is 35.8 Å². The van der Waals surface area contributed by atoms with Gasteiger partial charge in [0.1, 0.15) is 0 Å². The van der Waals surface area contributed by atoms with E-state index in [-0.39, 0.29) is 36.0 Å². The van der Waals surface area contributed by atoms with Gasteiger partial charge in [-0.25, -0.2) is 14.4 Å². The summed E-state index contributed by atoms with van der Waals surface area (Å²) in [6.45, 7) is 13.0. The summed E-state index contributed by atoms with van der Waals surface area (Å²) in [5.41, 5.74) is -4.35. The van der Waals surface area contributed by atoms with Crippen LogP contribution in [0.15, 0.2) is 36.5 Å². The Labute approximate surface area is 226 Å². The van der Waals surface area contributed by atoms with Gasteiger partial charge in [0.05, 0.1) is 36.6 Å². The summed E-state index contributed by atoms with van der Waals surface area (Å²) in [4.78, 5) is 74.2. The Morgan fingerprint density at radius 1 is 0.718 bits per heavy atom. The van der Waals surface area contributed by atoms with Gasteiger partial charge < -0.3 is 29.5 Å². The van der Waals surface area contributed by atoms with Crippen LogP contribution in [0.2, 0.25) is 0 Å². The van der Waals surface area contributed by atoms with Crippen molar-refractivity contribution in [1.29, 1.82) is 0 Å². The van der Waals surface area contributed by atoms with Crippen molar-refractivity contribution in [1.82, 2.24) is 0 Å². The van der Waals surface area contributed by atoms with Gasteiger partial charge in [0.25, 0.3) is 0 Å². The molecule has 0 heterocycles. The number of rotatable bonds is 15. The molecule has 1 fully saturated rings. The SMILES string of the molecule is C=C(C)C(=O)OCCC1C(C(=O)O)CCC(CCOC(=O)C(=C)C)(C(=O)O)C1(CCOC(=O)C(=C)C)C(=O)O. The van der Waals surface area contributed by atoms with Crippen LogP contribution < -0.4 is 0 Å². The van der Waals surface area contributed by atoms with Gasteiger partial charge in [-0.15, -0.1) is 0 Å². The van der Waals surface area contributed by atoms with Crippen molar-refractivity contribution in [2.75, 3.05) is 19.8 Å². The lowest BCUT2D eigenvalue weighted by atomic mass is 9.46. The van der Waals surface area contributed by atoms with Crippen molar-refractivity contribution >= 4 is 35.8 Å². The Kier molecular flexibility index (Phi) is 11.6. The molecule has 0 spiro atoms. The Hall–Kier alpha value is -3.96. The third-order valence-electron chi connectivity index (χ3n) is 7.16. The first-order valence-electron chi connectivity index (χ1n) is 12.2. The lowest BCUT2D eigenvalue weighted by molar-refractivity contribution is -0.203. The average molecular weight is 553 g/mol. The van der Waals surface area contributed by atoms with Gasteiger partial charge in [-0.1, -0.05) is 19.7 Å². The van der Waals surface area contributed by atoms with E-state index in [1.807, 2.05) is 0 Å². The van der Waals surface area contributed by atoms with Gasteiger partial charge in [-0.05, 0) is 58.8 Å². The summed E-state index contributed by atoms with van der Waals surface area (Å²) in [5, 5.41) is 31.1. The van der Waals surface area contributed by atoms with E-state index in [2.05, 4.69) is 19.7 Å². The van der Waals surface area contributed by atoms with Crippen molar-refractivity contribution in [3.63, 3.8) is 0 Å². The van der Waals surface area contributed by atoms with Crippen molar-refractivity contribution in [2.45, 2.75) is 52.9 Å². The highest BCUT2D eigenvalue weighted by molar-refractivity contribution is 5.90. The predicted molar refractivity (Wildman–Crippen MR) is 135 cm³/mol. The minimum absolute atomic E-state index is 0.0193. The van der Waals surface area contributed by atoms with E-state index in [0.717, 1.165) is 0 Å². The monoisotopic (exact) mass is 552 g/mol. The maximum atomic E-state index is 13.1. The molecule has 39 heavy (non-hydrogen) atoms. The molecule has 0 amide bonds. The molecule has 0 aromatic heterocycles. The molecule has 0 aromatic rings. The van der Waals surface area contributed by atoms with Crippen molar-refractivity contribution in [3.8, 4) is 0 Å². The lowest BCUT2D eigenvalue weighted by Crippen LogP contribution is -2.62. The van der Waals surface area contributed by atoms with Crippen LogP contribution in [0.25, 0.3) is 0 Å². The highest BCUT2D eigenvalue weighted by Gasteiger charge is 2.68. The minimum atomic E-state index is -2.33. The Balaban J connectivity index is 3.69. The first kappa shape index (κ1) is 33.1. The van der Waals surface area contributed by atoms with E-state index in [0.29, 0.717) is 0 Å². The zero-order chi connectivity index (χ0) is 30.1. The van der Waals surface area contributed by atoms with Crippen LogP contribution >= 0.6 is 0 Å². The van der Waals surface area contributed by atoms with Crippen LogP contribution in [0.4, 0.5) is 0 Å². The second-order valence-electron chi connectivity index (χ2n) is 9.79. The van der Waals surface area contributed by atoms with Crippen LogP contribution in [0.5, 0.6) is 0 Å².